The third-order valence-corrected chi connectivity index (χ3v) is 6.88. The molecule has 5 rings (SSSR count). The lowest BCUT2D eigenvalue weighted by molar-refractivity contribution is -0.117. The maximum absolute atomic E-state index is 12.9. The minimum Gasteiger partial charge on any atom is -0.379 e. The highest BCUT2D eigenvalue weighted by Crippen LogP contribution is 2.32. The van der Waals surface area contributed by atoms with Gasteiger partial charge < -0.3 is 9.64 Å². The van der Waals surface area contributed by atoms with Crippen LogP contribution in [0.15, 0.2) is 54.7 Å². The molecule has 1 unspecified atom stereocenters. The van der Waals surface area contributed by atoms with Crippen LogP contribution in [0.4, 0.5) is 5.82 Å². The molecule has 7 nitrogen and oxygen atoms in total. The molecular weight excluding hydrogens is 440 g/mol. The lowest BCUT2D eigenvalue weighted by Crippen LogP contribution is -2.37. The van der Waals surface area contributed by atoms with Gasteiger partial charge in [-0.1, -0.05) is 50.2 Å². The molecule has 0 N–H and O–H groups in total. The maximum Gasteiger partial charge on any atom is 0.253 e. The molecule has 1 atom stereocenters. The van der Waals surface area contributed by atoms with Crippen LogP contribution in [0.5, 0.6) is 0 Å². The van der Waals surface area contributed by atoms with E-state index in [2.05, 4.69) is 24.9 Å². The van der Waals surface area contributed by atoms with Gasteiger partial charge in [0.05, 0.1) is 25.6 Å². The number of amides is 2. The van der Waals surface area contributed by atoms with Crippen LogP contribution >= 0.6 is 0 Å². The maximum atomic E-state index is 12.9. The van der Waals surface area contributed by atoms with E-state index in [0.717, 1.165) is 23.1 Å². The number of carbonyl (C=O) groups excluding carboxylic acids is 2. The van der Waals surface area contributed by atoms with Crippen molar-refractivity contribution in [3.05, 3.63) is 77.0 Å². The SMILES string of the molecule is CC(C)c1ccccc1-c1ncc2c(n1)N(Cc1ccc(C(=O)N(C)C3CCOC3)cc1)C(=O)C2. The first kappa shape index (κ1) is 23.2. The number of likely N-dealkylation sites (N-methyl/N-ethyl adjacent to an activating group) is 1. The summed E-state index contributed by atoms with van der Waals surface area (Å²) in [6, 6.07) is 15.7. The van der Waals surface area contributed by atoms with Crippen molar-refractivity contribution in [2.45, 2.75) is 45.2 Å². The fourth-order valence-corrected chi connectivity index (χ4v) is 4.76. The van der Waals surface area contributed by atoms with Crippen molar-refractivity contribution in [2.75, 3.05) is 25.2 Å². The molecule has 1 saturated heterocycles. The fraction of sp³-hybridized carbons (Fsp3) is 0.357. The third-order valence-electron chi connectivity index (χ3n) is 6.88. The van der Waals surface area contributed by atoms with Gasteiger partial charge in [-0.25, -0.2) is 9.97 Å². The molecule has 0 aliphatic carbocycles. The summed E-state index contributed by atoms with van der Waals surface area (Å²) in [4.78, 5) is 38.6. The first-order valence-electron chi connectivity index (χ1n) is 12.1. The van der Waals surface area contributed by atoms with E-state index >= 15 is 0 Å². The topological polar surface area (TPSA) is 75.6 Å². The molecule has 1 aromatic heterocycles. The lowest BCUT2D eigenvalue weighted by atomic mass is 9.97. The van der Waals surface area contributed by atoms with Crippen molar-refractivity contribution in [1.82, 2.24) is 14.9 Å². The monoisotopic (exact) mass is 470 g/mol. The smallest absolute Gasteiger partial charge is 0.253 e. The zero-order chi connectivity index (χ0) is 24.5. The number of anilines is 1. The van der Waals surface area contributed by atoms with E-state index in [-0.39, 0.29) is 17.9 Å². The minimum absolute atomic E-state index is 0.00437. The predicted octanol–water partition coefficient (Wildman–Crippen LogP) is 4.22. The molecule has 1 fully saturated rings. The minimum atomic E-state index is -0.0177. The Morgan fingerprint density at radius 1 is 1.17 bits per heavy atom. The molecule has 0 bridgehead atoms. The predicted molar refractivity (Wildman–Crippen MR) is 134 cm³/mol. The van der Waals surface area contributed by atoms with Crippen LogP contribution in [0.1, 0.15) is 53.2 Å². The Labute approximate surface area is 205 Å². The summed E-state index contributed by atoms with van der Waals surface area (Å²) >= 11 is 0. The molecule has 2 aromatic carbocycles. The van der Waals surface area contributed by atoms with E-state index in [1.165, 1.54) is 5.56 Å². The van der Waals surface area contributed by atoms with Gasteiger partial charge in [0, 0.05) is 36.5 Å². The molecule has 7 heteroatoms. The van der Waals surface area contributed by atoms with E-state index in [9.17, 15) is 9.59 Å². The Morgan fingerprint density at radius 3 is 2.66 bits per heavy atom. The van der Waals surface area contributed by atoms with Gasteiger partial charge in [0.1, 0.15) is 5.82 Å². The normalized spacial score (nSPS) is 17.2. The molecule has 0 spiro atoms. The van der Waals surface area contributed by atoms with Crippen molar-refractivity contribution in [1.29, 1.82) is 0 Å². The summed E-state index contributed by atoms with van der Waals surface area (Å²) in [7, 11) is 1.82. The Bertz CT molecular complexity index is 1250. The number of aromatic nitrogens is 2. The van der Waals surface area contributed by atoms with E-state index < -0.39 is 0 Å². The highest BCUT2D eigenvalue weighted by Gasteiger charge is 2.30. The van der Waals surface area contributed by atoms with Gasteiger partial charge in [0.25, 0.3) is 5.91 Å². The van der Waals surface area contributed by atoms with Crippen LogP contribution in [-0.4, -0.2) is 53.0 Å². The van der Waals surface area contributed by atoms with Crippen molar-refractivity contribution in [2.24, 2.45) is 0 Å². The van der Waals surface area contributed by atoms with E-state index in [1.54, 1.807) is 16.0 Å². The van der Waals surface area contributed by atoms with Crippen LogP contribution in [0.25, 0.3) is 11.4 Å². The van der Waals surface area contributed by atoms with Crippen molar-refractivity contribution in [3.8, 4) is 11.4 Å². The molecular formula is C28H30N4O3. The van der Waals surface area contributed by atoms with E-state index in [4.69, 9.17) is 9.72 Å². The molecule has 0 radical (unpaired) electrons. The van der Waals surface area contributed by atoms with Gasteiger partial charge >= 0.3 is 0 Å². The average molecular weight is 471 g/mol. The second-order valence-corrected chi connectivity index (χ2v) is 9.57. The van der Waals surface area contributed by atoms with Gasteiger partial charge in [-0.2, -0.15) is 0 Å². The molecule has 2 amide bonds. The average Bonchev–Trinajstić information content (AvgIpc) is 3.52. The summed E-state index contributed by atoms with van der Waals surface area (Å²) in [5.41, 5.74) is 4.58. The largest absolute Gasteiger partial charge is 0.379 e. The van der Waals surface area contributed by atoms with Gasteiger partial charge in [0.2, 0.25) is 5.91 Å². The Morgan fingerprint density at radius 2 is 1.94 bits per heavy atom. The summed E-state index contributed by atoms with van der Waals surface area (Å²) < 4.78 is 5.41. The second kappa shape index (κ2) is 9.58. The number of benzene rings is 2. The Hall–Kier alpha value is -3.58. The van der Waals surface area contributed by atoms with Gasteiger partial charge in [-0.05, 0) is 35.6 Å². The summed E-state index contributed by atoms with van der Waals surface area (Å²) in [6.45, 7) is 5.98. The highest BCUT2D eigenvalue weighted by atomic mass is 16.5. The lowest BCUT2D eigenvalue weighted by Gasteiger charge is -2.23. The number of rotatable bonds is 6. The number of nitrogens with zero attached hydrogens (tertiary/aromatic N) is 4. The molecule has 2 aliphatic rings. The standard InChI is InChI=1S/C28H30N4O3/c1-18(2)23-6-4-5-7-24(23)26-29-15-21-14-25(33)32(27(21)30-26)16-19-8-10-20(11-9-19)28(34)31(3)22-12-13-35-17-22/h4-11,15,18,22H,12-14,16-17H2,1-3H3. The van der Waals surface area contributed by atoms with Crippen LogP contribution in [0, 0.1) is 0 Å². The third kappa shape index (κ3) is 4.56. The van der Waals surface area contributed by atoms with Crippen LogP contribution in [-0.2, 0) is 22.5 Å². The van der Waals surface area contributed by atoms with Crippen LogP contribution in [0.3, 0.4) is 0 Å². The molecule has 2 aliphatic heterocycles. The van der Waals surface area contributed by atoms with Gasteiger partial charge in [-0.15, -0.1) is 0 Å². The quantitative estimate of drug-likeness (QED) is 0.539. The Kier molecular flexibility index (Phi) is 6.34. The zero-order valence-electron chi connectivity index (χ0n) is 20.4. The van der Waals surface area contributed by atoms with Crippen molar-refractivity contribution in [3.63, 3.8) is 0 Å². The number of hydrogen-bond acceptors (Lipinski definition) is 5. The van der Waals surface area contributed by atoms with Gasteiger partial charge in [0.15, 0.2) is 5.82 Å². The summed E-state index contributed by atoms with van der Waals surface area (Å²) in [5.74, 6) is 1.62. The highest BCUT2D eigenvalue weighted by molar-refractivity contribution is 6.00. The van der Waals surface area contributed by atoms with Crippen molar-refractivity contribution < 1.29 is 14.3 Å². The summed E-state index contributed by atoms with van der Waals surface area (Å²) in [5, 5.41) is 0. The summed E-state index contributed by atoms with van der Waals surface area (Å²) in [6.07, 6.45) is 2.94. The first-order chi connectivity index (χ1) is 16.9. The van der Waals surface area contributed by atoms with Crippen molar-refractivity contribution >= 4 is 17.6 Å². The molecule has 0 saturated carbocycles. The second-order valence-electron chi connectivity index (χ2n) is 9.57. The number of hydrogen-bond donors (Lipinski definition) is 0. The first-order valence-corrected chi connectivity index (χ1v) is 12.1. The molecule has 35 heavy (non-hydrogen) atoms. The van der Waals surface area contributed by atoms with E-state index in [0.29, 0.717) is 49.3 Å². The fourth-order valence-electron chi connectivity index (χ4n) is 4.76. The van der Waals surface area contributed by atoms with Crippen LogP contribution in [0.2, 0.25) is 0 Å². The van der Waals surface area contributed by atoms with E-state index in [1.807, 2.05) is 49.5 Å². The number of fused-ring (bicyclic) bond motifs is 1. The number of carbonyl (C=O) groups is 2. The molecule has 180 valence electrons. The van der Waals surface area contributed by atoms with Crippen LogP contribution < -0.4 is 4.90 Å². The Balaban J connectivity index is 1.36. The zero-order valence-corrected chi connectivity index (χ0v) is 20.4. The molecule has 3 heterocycles. The van der Waals surface area contributed by atoms with Gasteiger partial charge in [-0.3, -0.25) is 14.5 Å². The molecule has 3 aromatic rings. The number of ether oxygens (including phenoxy) is 1.